The van der Waals surface area contributed by atoms with Crippen LogP contribution in [0.25, 0.3) is 0 Å². The Morgan fingerprint density at radius 3 is 2.38 bits per heavy atom. The molecule has 47 heavy (non-hydrogen) atoms. The molecule has 2 aliphatic heterocycles. The number of hydrogen-bond acceptors (Lipinski definition) is 9. The Morgan fingerprint density at radius 2 is 1.70 bits per heavy atom. The van der Waals surface area contributed by atoms with Crippen molar-refractivity contribution in [3.8, 4) is 11.5 Å². The summed E-state index contributed by atoms with van der Waals surface area (Å²) in [6.07, 6.45) is 0.628. The molecular formula is C36H48N2O9. The highest BCUT2D eigenvalue weighted by Gasteiger charge is 2.47. The molecule has 4 rings (SSSR count). The number of epoxide rings is 1. The molecule has 3 N–H and O–H groups in total. The van der Waals surface area contributed by atoms with Gasteiger partial charge >= 0.3 is 5.97 Å². The number of esters is 1. The maximum absolute atomic E-state index is 13.4. The van der Waals surface area contributed by atoms with E-state index >= 15 is 0 Å². The molecule has 1 unspecified atom stereocenters. The first-order valence-electron chi connectivity index (χ1n) is 16.2. The minimum atomic E-state index is -1.41. The van der Waals surface area contributed by atoms with Crippen LogP contribution in [0, 0.1) is 17.8 Å². The molecule has 0 aromatic heterocycles. The van der Waals surface area contributed by atoms with Crippen LogP contribution in [0.5, 0.6) is 11.5 Å². The van der Waals surface area contributed by atoms with Crippen molar-refractivity contribution in [2.24, 2.45) is 17.8 Å². The van der Waals surface area contributed by atoms with E-state index in [2.05, 4.69) is 10.6 Å². The number of hydrogen-bond donors (Lipinski definition) is 3. The van der Waals surface area contributed by atoms with Crippen molar-refractivity contribution in [3.63, 3.8) is 0 Å². The number of aliphatic hydroxyl groups excluding tert-OH is 1. The van der Waals surface area contributed by atoms with Gasteiger partial charge < -0.3 is 39.4 Å². The fourth-order valence-electron chi connectivity index (χ4n) is 5.70. The Bertz CT molecular complexity index is 1380. The minimum absolute atomic E-state index is 0.0310. The predicted octanol–water partition coefficient (Wildman–Crippen LogP) is 3.88. The molecule has 0 saturated carbocycles. The largest absolute Gasteiger partial charge is 0.493 e. The smallest absolute Gasteiger partial charge is 0.310 e. The third kappa shape index (κ3) is 10.0. The first kappa shape index (κ1) is 35.9. The Morgan fingerprint density at radius 1 is 0.979 bits per heavy atom. The summed E-state index contributed by atoms with van der Waals surface area (Å²) in [6, 6.07) is 14.2. The number of aliphatic hydroxyl groups is 1. The van der Waals surface area contributed by atoms with Crippen LogP contribution < -0.4 is 20.1 Å². The van der Waals surface area contributed by atoms with Gasteiger partial charge in [-0.3, -0.25) is 14.4 Å². The summed E-state index contributed by atoms with van der Waals surface area (Å²) in [5.41, 5.74) is 1.78. The zero-order valence-corrected chi connectivity index (χ0v) is 28.0. The molecule has 2 heterocycles. The van der Waals surface area contributed by atoms with E-state index in [1.54, 1.807) is 31.2 Å². The molecule has 2 aromatic rings. The number of carbonyl (C=O) groups excluding carboxylic acids is 3. The van der Waals surface area contributed by atoms with Crippen molar-refractivity contribution in [3.05, 3.63) is 71.8 Å². The lowest BCUT2D eigenvalue weighted by atomic mass is 9.93. The number of benzene rings is 2. The van der Waals surface area contributed by atoms with E-state index in [-0.39, 0.29) is 43.4 Å². The fourth-order valence-corrected chi connectivity index (χ4v) is 5.70. The van der Waals surface area contributed by atoms with E-state index in [4.69, 9.17) is 23.7 Å². The Labute approximate surface area is 276 Å². The lowest BCUT2D eigenvalue weighted by Gasteiger charge is -2.31. The summed E-state index contributed by atoms with van der Waals surface area (Å²) in [6.45, 7) is 7.51. The summed E-state index contributed by atoms with van der Waals surface area (Å²) < 4.78 is 28.8. The van der Waals surface area contributed by atoms with E-state index in [0.29, 0.717) is 17.9 Å². The van der Waals surface area contributed by atoms with Crippen LogP contribution in [-0.4, -0.2) is 74.3 Å². The van der Waals surface area contributed by atoms with Crippen LogP contribution in [0.1, 0.15) is 57.8 Å². The van der Waals surface area contributed by atoms with E-state index in [1.165, 1.54) is 20.3 Å². The van der Waals surface area contributed by atoms with Gasteiger partial charge in [-0.1, -0.05) is 70.2 Å². The van der Waals surface area contributed by atoms with Crippen LogP contribution in [-0.2, 0) is 35.0 Å². The molecule has 0 bridgehead atoms. The van der Waals surface area contributed by atoms with Crippen molar-refractivity contribution < 1.29 is 43.2 Å². The molecule has 11 heteroatoms. The summed E-state index contributed by atoms with van der Waals surface area (Å²) >= 11 is 0. The van der Waals surface area contributed by atoms with Crippen molar-refractivity contribution in [1.82, 2.24) is 10.6 Å². The topological polar surface area (TPSA) is 145 Å². The van der Waals surface area contributed by atoms with E-state index in [1.807, 2.05) is 51.1 Å². The second-order valence-electron chi connectivity index (χ2n) is 12.7. The van der Waals surface area contributed by atoms with Gasteiger partial charge in [0.05, 0.1) is 32.3 Å². The van der Waals surface area contributed by atoms with Gasteiger partial charge in [0.2, 0.25) is 11.8 Å². The van der Waals surface area contributed by atoms with Gasteiger partial charge in [-0.05, 0) is 48.1 Å². The Kier molecular flexibility index (Phi) is 12.8. The average molecular weight is 653 g/mol. The predicted molar refractivity (Wildman–Crippen MR) is 175 cm³/mol. The van der Waals surface area contributed by atoms with Gasteiger partial charge in [0.1, 0.15) is 12.1 Å². The van der Waals surface area contributed by atoms with Crippen LogP contribution in [0.4, 0.5) is 0 Å². The number of methoxy groups -OCH3 is 2. The lowest BCUT2D eigenvalue weighted by Crippen LogP contribution is -2.49. The average Bonchev–Trinajstić information content (AvgIpc) is 3.86. The molecular weight excluding hydrogens is 604 g/mol. The van der Waals surface area contributed by atoms with Crippen LogP contribution >= 0.6 is 0 Å². The molecule has 0 radical (unpaired) electrons. The maximum atomic E-state index is 13.4. The number of amides is 2. The SMILES string of the molecule is COc1ccc(C[C@H]2NC(=O)/C=C/C[C@@H]([C@H](C)[C@H]3O[C@@H]3c3ccccc3)OC(O)[C@H](CC(C)C)OC(=O)[C@H](C)CNC2=O)cc1OC. The molecule has 8 atom stereocenters. The monoisotopic (exact) mass is 652 g/mol. The summed E-state index contributed by atoms with van der Waals surface area (Å²) in [5.74, 6) is -1.29. The standard InChI is InChI=1S/C36H48N2O9/c1-21(2)17-30-36(42)45-27(23(4)32-33(47-32)25-11-8-7-9-12-25)13-10-14-31(39)38-26(34(40)37-20-22(3)35(41)46-30)18-24-15-16-28(43-5)29(19-24)44-6/h7-12,14-16,19,21-23,26-27,30,32-33,36,42H,13,17-18,20H2,1-6H3,(H,37,40)(H,38,39)/b14-10+/t22-,23+,26-,27+,30+,32-,33-,36?/m1/s1. The zero-order chi connectivity index (χ0) is 34.1. The molecule has 2 amide bonds. The van der Waals surface area contributed by atoms with Gasteiger partial charge in [-0.15, -0.1) is 0 Å². The summed E-state index contributed by atoms with van der Waals surface area (Å²) in [7, 11) is 3.06. The van der Waals surface area contributed by atoms with Crippen molar-refractivity contribution >= 4 is 17.8 Å². The van der Waals surface area contributed by atoms with Gasteiger partial charge in [0.15, 0.2) is 23.9 Å². The first-order valence-corrected chi connectivity index (χ1v) is 16.2. The van der Waals surface area contributed by atoms with E-state index in [9.17, 15) is 19.5 Å². The van der Waals surface area contributed by atoms with Crippen molar-refractivity contribution in [2.75, 3.05) is 20.8 Å². The Balaban J connectivity index is 1.58. The van der Waals surface area contributed by atoms with E-state index in [0.717, 1.165) is 11.1 Å². The number of nitrogens with one attached hydrogen (secondary N) is 2. The maximum Gasteiger partial charge on any atom is 0.310 e. The van der Waals surface area contributed by atoms with Crippen molar-refractivity contribution in [2.45, 2.75) is 83.7 Å². The quantitative estimate of drug-likeness (QED) is 0.272. The zero-order valence-electron chi connectivity index (χ0n) is 28.0. The second-order valence-corrected chi connectivity index (χ2v) is 12.7. The Hall–Kier alpha value is -3.93. The molecule has 0 spiro atoms. The molecule has 0 aliphatic carbocycles. The number of cyclic esters (lactones) is 1. The molecule has 1 saturated heterocycles. The normalized spacial score (nSPS) is 28.9. The molecule has 11 nitrogen and oxygen atoms in total. The van der Waals surface area contributed by atoms with Crippen LogP contribution in [0.15, 0.2) is 60.7 Å². The number of ether oxygens (including phenoxy) is 5. The first-order chi connectivity index (χ1) is 22.5. The molecule has 1 fully saturated rings. The third-order valence-electron chi connectivity index (χ3n) is 8.51. The van der Waals surface area contributed by atoms with Gasteiger partial charge in [0, 0.05) is 18.9 Å². The minimum Gasteiger partial charge on any atom is -0.493 e. The highest BCUT2D eigenvalue weighted by atomic mass is 16.7. The molecule has 2 aliphatic rings. The van der Waals surface area contributed by atoms with Gasteiger partial charge in [0.25, 0.3) is 0 Å². The van der Waals surface area contributed by atoms with E-state index < -0.39 is 48.2 Å². The molecule has 2 aromatic carbocycles. The second kappa shape index (κ2) is 16.8. The van der Waals surface area contributed by atoms with Crippen LogP contribution in [0.2, 0.25) is 0 Å². The number of rotatable bonds is 9. The fraction of sp³-hybridized carbons (Fsp3) is 0.528. The molecule has 256 valence electrons. The van der Waals surface area contributed by atoms with Crippen molar-refractivity contribution in [1.29, 1.82) is 0 Å². The third-order valence-corrected chi connectivity index (χ3v) is 8.51. The highest BCUT2D eigenvalue weighted by Crippen LogP contribution is 2.45. The van der Waals surface area contributed by atoms with Gasteiger partial charge in [-0.25, -0.2) is 0 Å². The lowest BCUT2D eigenvalue weighted by molar-refractivity contribution is -0.216. The van der Waals surface area contributed by atoms with Crippen LogP contribution in [0.3, 0.4) is 0 Å². The highest BCUT2D eigenvalue weighted by molar-refractivity contribution is 5.93. The number of carbonyl (C=O) groups is 3. The summed E-state index contributed by atoms with van der Waals surface area (Å²) in [5, 5.41) is 16.8. The summed E-state index contributed by atoms with van der Waals surface area (Å²) in [4.78, 5) is 39.7. The van der Waals surface area contributed by atoms with Gasteiger partial charge in [-0.2, -0.15) is 0 Å².